The normalized spacial score (nSPS) is 12.1. The van der Waals surface area contributed by atoms with Crippen LogP contribution in [0, 0.1) is 0 Å². The molecule has 0 saturated heterocycles. The number of ether oxygens (including phenoxy) is 1. The maximum absolute atomic E-state index is 10.3. The van der Waals surface area contributed by atoms with E-state index in [0.717, 1.165) is 23.1 Å². The first-order valence-corrected chi connectivity index (χ1v) is 11.1. The van der Waals surface area contributed by atoms with Crippen LogP contribution in [0.15, 0.2) is 60.7 Å². The van der Waals surface area contributed by atoms with Crippen molar-refractivity contribution in [1.82, 2.24) is 5.32 Å². The Morgan fingerprint density at radius 1 is 0.906 bits per heavy atom. The standard InChI is InChI=1S/C25H27Cl2NO4/c26-22-5-2-6-23(27)21(22)16-32-15-18-4-1-3-17(11-18)9-10-28-13-25(31)19-7-8-24(30)20(12-19)14-29/h1-8,11-12,25,28-31H,9-10,13-16H2. The van der Waals surface area contributed by atoms with Gasteiger partial charge in [-0.1, -0.05) is 59.6 Å². The number of benzene rings is 3. The van der Waals surface area contributed by atoms with E-state index in [9.17, 15) is 15.3 Å². The van der Waals surface area contributed by atoms with Gasteiger partial charge >= 0.3 is 0 Å². The summed E-state index contributed by atoms with van der Waals surface area (Å²) in [4.78, 5) is 0. The molecule has 5 nitrogen and oxygen atoms in total. The van der Waals surface area contributed by atoms with E-state index in [0.29, 0.717) is 47.5 Å². The predicted molar refractivity (Wildman–Crippen MR) is 127 cm³/mol. The molecule has 0 saturated carbocycles. The topological polar surface area (TPSA) is 82.0 Å². The van der Waals surface area contributed by atoms with Crippen molar-refractivity contribution < 1.29 is 20.1 Å². The fourth-order valence-electron chi connectivity index (χ4n) is 3.34. The van der Waals surface area contributed by atoms with Crippen molar-refractivity contribution in [2.75, 3.05) is 13.1 Å². The molecule has 0 aliphatic rings. The molecular formula is C25H27Cl2NO4. The SMILES string of the molecule is OCc1cc(C(O)CNCCc2cccc(COCc3c(Cl)cccc3Cl)c2)ccc1O. The van der Waals surface area contributed by atoms with E-state index in [1.165, 1.54) is 6.07 Å². The van der Waals surface area contributed by atoms with Gasteiger partial charge in [0.15, 0.2) is 0 Å². The lowest BCUT2D eigenvalue weighted by atomic mass is 10.0. The lowest BCUT2D eigenvalue weighted by Gasteiger charge is -2.14. The molecule has 0 aromatic heterocycles. The molecule has 3 rings (SSSR count). The molecule has 0 fully saturated rings. The van der Waals surface area contributed by atoms with Gasteiger partial charge in [0, 0.05) is 27.7 Å². The van der Waals surface area contributed by atoms with Crippen LogP contribution in [0.3, 0.4) is 0 Å². The second kappa shape index (κ2) is 12.2. The minimum Gasteiger partial charge on any atom is -0.508 e. The molecule has 0 radical (unpaired) electrons. The van der Waals surface area contributed by atoms with Crippen molar-refractivity contribution in [3.63, 3.8) is 0 Å². The first-order valence-electron chi connectivity index (χ1n) is 10.4. The maximum Gasteiger partial charge on any atom is 0.121 e. The van der Waals surface area contributed by atoms with Gasteiger partial charge in [-0.25, -0.2) is 0 Å². The molecule has 0 spiro atoms. The molecule has 0 aliphatic carbocycles. The number of hydrogen-bond acceptors (Lipinski definition) is 5. The van der Waals surface area contributed by atoms with E-state index < -0.39 is 6.10 Å². The molecule has 170 valence electrons. The second-order valence-electron chi connectivity index (χ2n) is 7.53. The van der Waals surface area contributed by atoms with E-state index in [1.807, 2.05) is 18.2 Å². The summed E-state index contributed by atoms with van der Waals surface area (Å²) in [5, 5.41) is 33.7. The third-order valence-corrected chi connectivity index (χ3v) is 5.86. The third-order valence-electron chi connectivity index (χ3n) is 5.16. The van der Waals surface area contributed by atoms with Crippen LogP contribution in [0.25, 0.3) is 0 Å². The average molecular weight is 476 g/mol. The Labute approximate surface area is 198 Å². The molecule has 0 aliphatic heterocycles. The number of hydrogen-bond donors (Lipinski definition) is 4. The largest absolute Gasteiger partial charge is 0.508 e. The van der Waals surface area contributed by atoms with Gasteiger partial charge in [0.1, 0.15) is 5.75 Å². The second-order valence-corrected chi connectivity index (χ2v) is 8.34. The molecule has 32 heavy (non-hydrogen) atoms. The summed E-state index contributed by atoms with van der Waals surface area (Å²) in [5.74, 6) is 0.0234. The maximum atomic E-state index is 10.3. The summed E-state index contributed by atoms with van der Waals surface area (Å²) in [5.41, 5.74) is 4.06. The fourth-order valence-corrected chi connectivity index (χ4v) is 3.85. The van der Waals surface area contributed by atoms with E-state index in [1.54, 1.807) is 24.3 Å². The Kier molecular flexibility index (Phi) is 9.36. The van der Waals surface area contributed by atoms with Crippen LogP contribution in [0.1, 0.15) is 33.9 Å². The monoisotopic (exact) mass is 475 g/mol. The Balaban J connectivity index is 1.44. The molecule has 1 atom stereocenters. The summed E-state index contributed by atoms with van der Waals surface area (Å²) in [6.45, 7) is 1.59. The minimum atomic E-state index is -0.725. The first-order chi connectivity index (χ1) is 15.5. The van der Waals surface area contributed by atoms with Crippen molar-refractivity contribution >= 4 is 23.2 Å². The molecule has 0 bridgehead atoms. The quantitative estimate of drug-likeness (QED) is 0.300. The highest BCUT2D eigenvalue weighted by molar-refractivity contribution is 6.35. The zero-order valence-electron chi connectivity index (χ0n) is 17.6. The van der Waals surface area contributed by atoms with Gasteiger partial charge in [-0.3, -0.25) is 0 Å². The van der Waals surface area contributed by atoms with Crippen molar-refractivity contribution in [1.29, 1.82) is 0 Å². The summed E-state index contributed by atoms with van der Waals surface area (Å²) < 4.78 is 5.80. The zero-order valence-corrected chi connectivity index (χ0v) is 19.1. The summed E-state index contributed by atoms with van der Waals surface area (Å²) in [6.07, 6.45) is 0.0752. The van der Waals surface area contributed by atoms with Crippen molar-refractivity contribution in [3.8, 4) is 5.75 Å². The van der Waals surface area contributed by atoms with E-state index in [-0.39, 0.29) is 12.4 Å². The van der Waals surface area contributed by atoms with Crippen LogP contribution in [-0.4, -0.2) is 28.4 Å². The molecule has 0 heterocycles. The first kappa shape index (κ1) is 24.5. The molecule has 1 unspecified atom stereocenters. The Hall–Kier alpha value is -2.12. The molecule has 7 heteroatoms. The lowest BCUT2D eigenvalue weighted by Crippen LogP contribution is -2.23. The molecule has 3 aromatic rings. The molecule has 4 N–H and O–H groups in total. The molecule has 3 aromatic carbocycles. The van der Waals surface area contributed by atoms with Gasteiger partial charge in [0.05, 0.1) is 25.9 Å². The molecule has 0 amide bonds. The number of halogens is 2. The van der Waals surface area contributed by atoms with Crippen LogP contribution in [0.5, 0.6) is 5.75 Å². The van der Waals surface area contributed by atoms with Gasteiger partial charge in [-0.15, -0.1) is 0 Å². The van der Waals surface area contributed by atoms with Crippen molar-refractivity contribution in [2.24, 2.45) is 0 Å². The van der Waals surface area contributed by atoms with Crippen LogP contribution in [0.2, 0.25) is 10.0 Å². The van der Waals surface area contributed by atoms with Gasteiger partial charge in [0.25, 0.3) is 0 Å². The van der Waals surface area contributed by atoms with E-state index in [4.69, 9.17) is 27.9 Å². The Morgan fingerprint density at radius 2 is 1.62 bits per heavy atom. The highest BCUT2D eigenvalue weighted by atomic mass is 35.5. The van der Waals surface area contributed by atoms with Crippen LogP contribution in [0.4, 0.5) is 0 Å². The van der Waals surface area contributed by atoms with Crippen molar-refractivity contribution in [2.45, 2.75) is 32.3 Å². The highest BCUT2D eigenvalue weighted by Gasteiger charge is 2.10. The van der Waals surface area contributed by atoms with Crippen LogP contribution >= 0.6 is 23.2 Å². The Bertz CT molecular complexity index is 1010. The summed E-state index contributed by atoms with van der Waals surface area (Å²) >= 11 is 12.4. The van der Waals surface area contributed by atoms with E-state index in [2.05, 4.69) is 17.4 Å². The number of aliphatic hydroxyl groups excluding tert-OH is 2. The van der Waals surface area contributed by atoms with Crippen LogP contribution < -0.4 is 5.32 Å². The number of nitrogens with one attached hydrogen (secondary N) is 1. The van der Waals surface area contributed by atoms with Crippen LogP contribution in [-0.2, 0) is 31.0 Å². The predicted octanol–water partition coefficient (Wildman–Crippen LogP) is 4.77. The van der Waals surface area contributed by atoms with Gasteiger partial charge in [-0.05, 0) is 53.9 Å². The number of aliphatic hydroxyl groups is 2. The third kappa shape index (κ3) is 6.94. The number of rotatable bonds is 11. The van der Waals surface area contributed by atoms with Gasteiger partial charge in [0.2, 0.25) is 0 Å². The summed E-state index contributed by atoms with van der Waals surface area (Å²) in [6, 6.07) is 18.3. The Morgan fingerprint density at radius 3 is 2.38 bits per heavy atom. The minimum absolute atomic E-state index is 0.0234. The number of aromatic hydroxyl groups is 1. The van der Waals surface area contributed by atoms with E-state index >= 15 is 0 Å². The zero-order chi connectivity index (χ0) is 22.9. The lowest BCUT2D eigenvalue weighted by molar-refractivity contribution is 0.107. The highest BCUT2D eigenvalue weighted by Crippen LogP contribution is 2.25. The summed E-state index contributed by atoms with van der Waals surface area (Å²) in [7, 11) is 0. The average Bonchev–Trinajstić information content (AvgIpc) is 2.79. The smallest absolute Gasteiger partial charge is 0.121 e. The van der Waals surface area contributed by atoms with Gasteiger partial charge in [-0.2, -0.15) is 0 Å². The van der Waals surface area contributed by atoms with Gasteiger partial charge < -0.3 is 25.4 Å². The fraction of sp³-hybridized carbons (Fsp3) is 0.280. The van der Waals surface area contributed by atoms with Crippen molar-refractivity contribution in [3.05, 3.63) is 98.5 Å². The molecular weight excluding hydrogens is 449 g/mol. The number of phenols is 1.